The van der Waals surface area contributed by atoms with Crippen molar-refractivity contribution in [1.82, 2.24) is 5.32 Å². The molecule has 0 heterocycles. The lowest BCUT2D eigenvalue weighted by Gasteiger charge is -2.22. The van der Waals surface area contributed by atoms with Gasteiger partial charge in [-0.15, -0.1) is 0 Å². The van der Waals surface area contributed by atoms with Crippen molar-refractivity contribution in [2.24, 2.45) is 16.3 Å². The molecule has 0 saturated heterocycles. The van der Waals surface area contributed by atoms with Crippen LogP contribution in [0.2, 0.25) is 0 Å². The highest BCUT2D eigenvalue weighted by Crippen LogP contribution is 2.23. The Morgan fingerprint density at radius 1 is 1.33 bits per heavy atom. The Balaban J connectivity index is 2.27. The standard InChI is InChI=1S/C16H26BrN3O/c1-12(13-6-8-14(17)9-7-13)19-11-5-4-10-16(2,3)15(18)20-21/h6-9,12,19,21H,4-5,10-11H2,1-3H3,(H2,18,20)/t12-/m0/s1. The molecule has 118 valence electrons. The number of benzene rings is 1. The maximum atomic E-state index is 8.74. The highest BCUT2D eigenvalue weighted by atomic mass is 79.9. The molecule has 21 heavy (non-hydrogen) atoms. The number of nitrogens with zero attached hydrogens (tertiary/aromatic N) is 1. The third-order valence-electron chi connectivity index (χ3n) is 3.85. The predicted octanol–water partition coefficient (Wildman–Crippen LogP) is 4.04. The second kappa shape index (κ2) is 8.39. The van der Waals surface area contributed by atoms with Crippen LogP contribution in [-0.4, -0.2) is 17.6 Å². The fourth-order valence-corrected chi connectivity index (χ4v) is 2.41. The van der Waals surface area contributed by atoms with Crippen molar-refractivity contribution < 1.29 is 5.21 Å². The molecule has 0 aliphatic carbocycles. The summed E-state index contributed by atoms with van der Waals surface area (Å²) in [5.41, 5.74) is 6.73. The minimum Gasteiger partial charge on any atom is -0.409 e. The van der Waals surface area contributed by atoms with Gasteiger partial charge in [-0.25, -0.2) is 0 Å². The Bertz CT molecular complexity index is 457. The summed E-state index contributed by atoms with van der Waals surface area (Å²) in [6, 6.07) is 8.72. The molecule has 1 aromatic rings. The van der Waals surface area contributed by atoms with E-state index >= 15 is 0 Å². The van der Waals surface area contributed by atoms with Gasteiger partial charge in [-0.2, -0.15) is 0 Å². The average molecular weight is 356 g/mol. The summed E-state index contributed by atoms with van der Waals surface area (Å²) in [4.78, 5) is 0. The maximum absolute atomic E-state index is 8.74. The van der Waals surface area contributed by atoms with Crippen LogP contribution >= 0.6 is 15.9 Å². The maximum Gasteiger partial charge on any atom is 0.144 e. The van der Waals surface area contributed by atoms with Crippen LogP contribution in [-0.2, 0) is 0 Å². The molecule has 4 N–H and O–H groups in total. The van der Waals surface area contributed by atoms with E-state index in [9.17, 15) is 0 Å². The molecule has 0 aliphatic rings. The topological polar surface area (TPSA) is 70.6 Å². The first-order valence-electron chi connectivity index (χ1n) is 7.33. The summed E-state index contributed by atoms with van der Waals surface area (Å²) in [7, 11) is 0. The molecule has 0 saturated carbocycles. The molecule has 1 aromatic carbocycles. The third-order valence-corrected chi connectivity index (χ3v) is 4.38. The molecule has 1 rings (SSSR count). The summed E-state index contributed by atoms with van der Waals surface area (Å²) >= 11 is 3.45. The first-order valence-corrected chi connectivity index (χ1v) is 8.13. The number of oxime groups is 1. The second-order valence-corrected chi connectivity index (χ2v) is 6.97. The zero-order valence-electron chi connectivity index (χ0n) is 13.1. The summed E-state index contributed by atoms with van der Waals surface area (Å²) in [6.45, 7) is 7.13. The van der Waals surface area contributed by atoms with Gasteiger partial charge < -0.3 is 16.3 Å². The zero-order chi connectivity index (χ0) is 15.9. The van der Waals surface area contributed by atoms with Crippen LogP contribution in [0.3, 0.4) is 0 Å². The van der Waals surface area contributed by atoms with Crippen LogP contribution in [0.1, 0.15) is 51.6 Å². The Morgan fingerprint density at radius 3 is 2.52 bits per heavy atom. The van der Waals surface area contributed by atoms with Crippen molar-refractivity contribution in [3.8, 4) is 0 Å². The molecule has 1 atom stereocenters. The van der Waals surface area contributed by atoms with Gasteiger partial charge in [0.25, 0.3) is 0 Å². The third kappa shape index (κ3) is 6.06. The fraction of sp³-hybridized carbons (Fsp3) is 0.562. The monoisotopic (exact) mass is 355 g/mol. The summed E-state index contributed by atoms with van der Waals surface area (Å²) < 4.78 is 1.10. The van der Waals surface area contributed by atoms with Crippen LogP contribution in [0.15, 0.2) is 33.9 Å². The fourth-order valence-electron chi connectivity index (χ4n) is 2.14. The second-order valence-electron chi connectivity index (χ2n) is 6.05. The van der Waals surface area contributed by atoms with Gasteiger partial charge in [0.15, 0.2) is 0 Å². The van der Waals surface area contributed by atoms with Gasteiger partial charge in [0, 0.05) is 15.9 Å². The SMILES string of the molecule is C[C@H](NCCCCC(C)(C)/C(N)=N/O)c1ccc(Br)cc1. The average Bonchev–Trinajstić information content (AvgIpc) is 2.46. The molecular weight excluding hydrogens is 330 g/mol. The Morgan fingerprint density at radius 2 is 1.95 bits per heavy atom. The van der Waals surface area contributed by atoms with Gasteiger partial charge in [0.2, 0.25) is 0 Å². The molecule has 0 unspecified atom stereocenters. The molecule has 0 spiro atoms. The molecule has 0 amide bonds. The van der Waals surface area contributed by atoms with E-state index in [0.29, 0.717) is 11.9 Å². The van der Waals surface area contributed by atoms with E-state index in [-0.39, 0.29) is 5.41 Å². The molecular formula is C16H26BrN3O. The number of rotatable bonds is 8. The number of nitrogens with one attached hydrogen (secondary N) is 1. The zero-order valence-corrected chi connectivity index (χ0v) is 14.7. The molecule has 4 nitrogen and oxygen atoms in total. The number of hydrogen-bond donors (Lipinski definition) is 3. The quantitative estimate of drug-likeness (QED) is 0.216. The van der Waals surface area contributed by atoms with E-state index in [1.165, 1.54) is 5.56 Å². The smallest absolute Gasteiger partial charge is 0.144 e. The molecule has 0 aromatic heterocycles. The Hall–Kier alpha value is -1.07. The van der Waals surface area contributed by atoms with Gasteiger partial charge in [-0.3, -0.25) is 0 Å². The van der Waals surface area contributed by atoms with Gasteiger partial charge in [-0.1, -0.05) is 53.5 Å². The van der Waals surface area contributed by atoms with Crippen LogP contribution in [0.5, 0.6) is 0 Å². The minimum atomic E-state index is -0.244. The van der Waals surface area contributed by atoms with Crippen molar-refractivity contribution in [3.63, 3.8) is 0 Å². The van der Waals surface area contributed by atoms with Crippen LogP contribution in [0.25, 0.3) is 0 Å². The van der Waals surface area contributed by atoms with Crippen molar-refractivity contribution in [1.29, 1.82) is 0 Å². The van der Waals surface area contributed by atoms with E-state index in [1.807, 2.05) is 13.8 Å². The van der Waals surface area contributed by atoms with E-state index in [2.05, 4.69) is 57.6 Å². The molecule has 0 bridgehead atoms. The molecule has 0 fully saturated rings. The van der Waals surface area contributed by atoms with Crippen molar-refractivity contribution in [2.45, 2.75) is 46.1 Å². The van der Waals surface area contributed by atoms with Gasteiger partial charge >= 0.3 is 0 Å². The Labute approximate surface area is 135 Å². The van der Waals surface area contributed by atoms with Gasteiger partial charge in [0.1, 0.15) is 5.84 Å². The normalized spacial score (nSPS) is 14.2. The predicted molar refractivity (Wildman–Crippen MR) is 91.6 cm³/mol. The lowest BCUT2D eigenvalue weighted by Crippen LogP contribution is -2.32. The van der Waals surface area contributed by atoms with E-state index in [1.54, 1.807) is 0 Å². The van der Waals surface area contributed by atoms with E-state index < -0.39 is 0 Å². The first kappa shape index (κ1) is 18.0. The van der Waals surface area contributed by atoms with Crippen LogP contribution in [0.4, 0.5) is 0 Å². The van der Waals surface area contributed by atoms with Crippen molar-refractivity contribution in [2.75, 3.05) is 6.54 Å². The van der Waals surface area contributed by atoms with Gasteiger partial charge in [0.05, 0.1) is 0 Å². The molecule has 0 radical (unpaired) electrons. The lowest BCUT2D eigenvalue weighted by atomic mass is 9.86. The summed E-state index contributed by atoms with van der Waals surface area (Å²) in [5, 5.41) is 15.4. The van der Waals surface area contributed by atoms with Crippen molar-refractivity contribution in [3.05, 3.63) is 34.3 Å². The number of hydrogen-bond acceptors (Lipinski definition) is 3. The highest BCUT2D eigenvalue weighted by molar-refractivity contribution is 9.10. The van der Waals surface area contributed by atoms with Crippen molar-refractivity contribution >= 4 is 21.8 Å². The van der Waals surface area contributed by atoms with E-state index in [0.717, 1.165) is 30.3 Å². The number of unbranched alkanes of at least 4 members (excludes halogenated alkanes) is 1. The Kier molecular flexibility index (Phi) is 7.18. The first-order chi connectivity index (χ1) is 9.86. The van der Waals surface area contributed by atoms with Crippen LogP contribution in [0, 0.1) is 5.41 Å². The number of amidine groups is 1. The van der Waals surface area contributed by atoms with Gasteiger partial charge in [-0.05, 0) is 44.0 Å². The minimum absolute atomic E-state index is 0.244. The lowest BCUT2D eigenvalue weighted by molar-refractivity contribution is 0.304. The molecule has 0 aliphatic heterocycles. The summed E-state index contributed by atoms with van der Waals surface area (Å²) in [6.07, 6.45) is 3.03. The van der Waals surface area contributed by atoms with E-state index in [4.69, 9.17) is 10.9 Å². The number of halogens is 1. The highest BCUT2D eigenvalue weighted by Gasteiger charge is 2.22. The summed E-state index contributed by atoms with van der Waals surface area (Å²) in [5.74, 6) is 0.304. The largest absolute Gasteiger partial charge is 0.409 e. The number of nitrogens with two attached hydrogens (primary N) is 1. The molecule has 5 heteroatoms. The van der Waals surface area contributed by atoms with Crippen LogP contribution < -0.4 is 11.1 Å².